The van der Waals surface area contributed by atoms with Crippen LogP contribution < -0.4 is 20.3 Å². The van der Waals surface area contributed by atoms with Gasteiger partial charge in [-0.25, -0.2) is 8.42 Å². The predicted octanol–water partition coefficient (Wildman–Crippen LogP) is 5.68. The third-order valence-corrected chi connectivity index (χ3v) is 7.25. The molecule has 1 heterocycles. The second-order valence-electron chi connectivity index (χ2n) is 8.42. The summed E-state index contributed by atoms with van der Waals surface area (Å²) in [6, 6.07) is 21.9. The van der Waals surface area contributed by atoms with E-state index in [1.165, 1.54) is 12.5 Å². The summed E-state index contributed by atoms with van der Waals surface area (Å²) in [6.45, 7) is 8.33. The van der Waals surface area contributed by atoms with Crippen molar-refractivity contribution in [1.82, 2.24) is 0 Å². The van der Waals surface area contributed by atoms with Gasteiger partial charge < -0.3 is 20.3 Å². The Morgan fingerprint density at radius 3 is 2.43 bits per heavy atom. The van der Waals surface area contributed by atoms with Crippen LogP contribution in [0, 0.1) is 0 Å². The first-order valence-corrected chi connectivity index (χ1v) is 13.6. The van der Waals surface area contributed by atoms with E-state index in [0.717, 1.165) is 22.8 Å². The van der Waals surface area contributed by atoms with Crippen LogP contribution in [0.4, 0.5) is 11.4 Å². The molecule has 0 aliphatic carbocycles. The fourth-order valence-electron chi connectivity index (χ4n) is 4.14. The molecule has 9 heteroatoms. The molecule has 3 aromatic rings. The number of nitrogens with zero attached hydrogens (tertiary/aromatic N) is 3. The van der Waals surface area contributed by atoms with Crippen LogP contribution in [0.2, 0.25) is 5.02 Å². The van der Waals surface area contributed by atoms with E-state index in [1.54, 1.807) is 36.4 Å². The summed E-state index contributed by atoms with van der Waals surface area (Å²) in [7, 11) is -3.30. The number of rotatable bonds is 8. The average Bonchev–Trinajstić information content (AvgIpc) is 3.21. The van der Waals surface area contributed by atoms with Gasteiger partial charge in [0.1, 0.15) is 11.6 Å². The van der Waals surface area contributed by atoms with Gasteiger partial charge in [0.25, 0.3) is 0 Å². The molecule has 0 aromatic heterocycles. The smallest absolute Gasteiger partial charge is 0.190 e. The lowest BCUT2D eigenvalue weighted by Crippen LogP contribution is -2.23. The van der Waals surface area contributed by atoms with Crippen LogP contribution >= 0.6 is 11.6 Å². The molecule has 1 aliphatic heterocycles. The average molecular weight is 535 g/mol. The summed E-state index contributed by atoms with van der Waals surface area (Å²) < 4.78 is 29.7. The quantitative estimate of drug-likeness (QED) is 0.227. The van der Waals surface area contributed by atoms with E-state index >= 15 is 0 Å². The molecule has 1 aliphatic rings. The van der Waals surface area contributed by atoms with E-state index in [-0.39, 0.29) is 16.8 Å². The molecule has 2 N–H and O–H groups in total. The van der Waals surface area contributed by atoms with Crippen LogP contribution in [-0.2, 0) is 9.84 Å². The van der Waals surface area contributed by atoms with Gasteiger partial charge in [0.2, 0.25) is 0 Å². The number of hydrogen-bond acceptors (Lipinski definition) is 7. The first-order chi connectivity index (χ1) is 17.7. The molecule has 0 radical (unpaired) electrons. The normalized spacial score (nSPS) is 16.4. The van der Waals surface area contributed by atoms with Gasteiger partial charge in [-0.3, -0.25) is 4.99 Å². The van der Waals surface area contributed by atoms with Crippen LogP contribution in [0.1, 0.15) is 11.6 Å². The Morgan fingerprint density at radius 1 is 1.11 bits per heavy atom. The van der Waals surface area contributed by atoms with Crippen LogP contribution in [-0.4, -0.2) is 27.9 Å². The summed E-state index contributed by atoms with van der Waals surface area (Å²) >= 11 is 6.15. The first kappa shape index (κ1) is 26.1. The standard InChI is InChI=1S/C28H27ClN4O3S/c1-20-32(23-13-15-26(16-14-23)37(3,34)35)19-27(33(20)24-11-9-22(29)10-12-24)21-6-4-7-25(18-21)36-28(30)8-5-17-31-2/h4-18,27H,1-2,19,30H2,3H3/b17-5-,28-8+/t27-/m1/s1. The molecule has 4 rings (SSSR count). The van der Waals surface area contributed by atoms with Crippen LogP contribution in [0.3, 0.4) is 0 Å². The third kappa shape index (κ3) is 6.04. The minimum atomic E-state index is -3.30. The summed E-state index contributed by atoms with van der Waals surface area (Å²) in [5, 5.41) is 0.636. The molecule has 0 spiro atoms. The summed E-state index contributed by atoms with van der Waals surface area (Å²) in [5.41, 5.74) is 8.72. The number of halogens is 1. The summed E-state index contributed by atoms with van der Waals surface area (Å²) in [5.74, 6) is 1.55. The van der Waals surface area contributed by atoms with Gasteiger partial charge in [0, 0.05) is 35.4 Å². The third-order valence-electron chi connectivity index (χ3n) is 5.87. The van der Waals surface area contributed by atoms with Gasteiger partial charge in [-0.2, -0.15) is 0 Å². The van der Waals surface area contributed by atoms with E-state index in [2.05, 4.69) is 28.1 Å². The zero-order valence-electron chi connectivity index (χ0n) is 20.3. The van der Waals surface area contributed by atoms with Crippen molar-refractivity contribution in [1.29, 1.82) is 0 Å². The predicted molar refractivity (Wildman–Crippen MR) is 151 cm³/mol. The number of sulfone groups is 1. The highest BCUT2D eigenvalue weighted by atomic mass is 35.5. The molecule has 0 saturated carbocycles. The van der Waals surface area contributed by atoms with Gasteiger partial charge in [0.15, 0.2) is 15.7 Å². The highest BCUT2D eigenvalue weighted by Gasteiger charge is 2.36. The van der Waals surface area contributed by atoms with E-state index in [9.17, 15) is 8.42 Å². The van der Waals surface area contributed by atoms with Gasteiger partial charge in [-0.05, 0) is 85.1 Å². The van der Waals surface area contributed by atoms with Crippen molar-refractivity contribution in [3.05, 3.63) is 120 Å². The minimum Gasteiger partial charge on any atom is -0.442 e. The highest BCUT2D eigenvalue weighted by molar-refractivity contribution is 7.90. The molecule has 0 unspecified atom stereocenters. The van der Waals surface area contributed by atoms with E-state index in [4.69, 9.17) is 22.1 Å². The molecule has 0 bridgehead atoms. The van der Waals surface area contributed by atoms with Crippen LogP contribution in [0.15, 0.2) is 119 Å². The Bertz CT molecular complexity index is 1470. The molecular weight excluding hydrogens is 508 g/mol. The molecule has 3 aromatic carbocycles. The summed E-state index contributed by atoms with van der Waals surface area (Å²) in [6.07, 6.45) is 5.94. The van der Waals surface area contributed by atoms with Crippen molar-refractivity contribution >= 4 is 39.5 Å². The zero-order chi connectivity index (χ0) is 26.6. The van der Waals surface area contributed by atoms with Crippen LogP contribution in [0.5, 0.6) is 5.75 Å². The minimum absolute atomic E-state index is 0.123. The number of aliphatic imine (C=N–C) groups is 1. The summed E-state index contributed by atoms with van der Waals surface area (Å²) in [4.78, 5) is 8.08. The van der Waals surface area contributed by atoms with E-state index < -0.39 is 9.84 Å². The van der Waals surface area contributed by atoms with Gasteiger partial charge in [-0.15, -0.1) is 0 Å². The monoisotopic (exact) mass is 534 g/mol. The Balaban J connectivity index is 1.70. The topological polar surface area (TPSA) is 88.2 Å². The number of nitrogens with two attached hydrogens (primary N) is 1. The van der Waals surface area contributed by atoms with Crippen LogP contribution in [0.25, 0.3) is 0 Å². The lowest BCUT2D eigenvalue weighted by molar-refractivity contribution is 0.419. The Labute approximate surface area is 222 Å². The maximum absolute atomic E-state index is 11.9. The second-order valence-corrected chi connectivity index (χ2v) is 10.9. The molecule has 7 nitrogen and oxygen atoms in total. The number of ether oxygens (including phenoxy) is 1. The largest absolute Gasteiger partial charge is 0.442 e. The first-order valence-electron chi connectivity index (χ1n) is 11.3. The number of allylic oxidation sites excluding steroid dienone is 2. The molecule has 37 heavy (non-hydrogen) atoms. The van der Waals surface area contributed by atoms with Crippen molar-refractivity contribution in [3.63, 3.8) is 0 Å². The Morgan fingerprint density at radius 2 is 1.78 bits per heavy atom. The van der Waals surface area contributed by atoms with E-state index in [0.29, 0.717) is 17.3 Å². The maximum Gasteiger partial charge on any atom is 0.190 e. The second kappa shape index (κ2) is 10.9. The molecule has 1 fully saturated rings. The number of anilines is 2. The Hall–Kier alpha value is -4.01. The van der Waals surface area contributed by atoms with Gasteiger partial charge in [0.05, 0.1) is 10.9 Å². The molecule has 1 atom stereocenters. The lowest BCUT2D eigenvalue weighted by atomic mass is 10.1. The van der Waals surface area contributed by atoms with E-state index in [1.807, 2.05) is 48.5 Å². The Kier molecular flexibility index (Phi) is 7.71. The maximum atomic E-state index is 11.9. The molecule has 190 valence electrons. The van der Waals surface area contributed by atoms with Gasteiger partial charge in [-0.1, -0.05) is 30.3 Å². The van der Waals surface area contributed by atoms with Gasteiger partial charge >= 0.3 is 0 Å². The lowest BCUT2D eigenvalue weighted by Gasteiger charge is -2.27. The molecule has 1 saturated heterocycles. The number of hydrogen-bond donors (Lipinski definition) is 1. The highest BCUT2D eigenvalue weighted by Crippen LogP contribution is 2.41. The van der Waals surface area contributed by atoms with Crippen molar-refractivity contribution < 1.29 is 13.2 Å². The molecular formula is C28H27ClN4O3S. The molecule has 0 amide bonds. The van der Waals surface area contributed by atoms with Crippen molar-refractivity contribution in [2.75, 3.05) is 22.6 Å². The SMILES string of the molecule is C=N/C=C\C=C(/N)Oc1cccc([C@H]2CN(c3ccc(S(C)(=O)=O)cc3)C(=C)N2c2ccc(Cl)cc2)c1. The van der Waals surface area contributed by atoms with Crippen molar-refractivity contribution in [2.45, 2.75) is 10.9 Å². The number of benzene rings is 3. The fraction of sp³-hybridized carbons (Fsp3) is 0.107. The van der Waals surface area contributed by atoms with Crippen molar-refractivity contribution in [3.8, 4) is 5.75 Å². The zero-order valence-corrected chi connectivity index (χ0v) is 21.9. The fourth-order valence-corrected chi connectivity index (χ4v) is 4.89. The van der Waals surface area contributed by atoms with Crippen molar-refractivity contribution in [2.24, 2.45) is 10.7 Å².